The van der Waals surface area contributed by atoms with E-state index in [0.717, 1.165) is 12.5 Å². The van der Waals surface area contributed by atoms with Crippen LogP contribution in [0.5, 0.6) is 0 Å². The summed E-state index contributed by atoms with van der Waals surface area (Å²) in [5.74, 6) is 1.34. The van der Waals surface area contributed by atoms with Crippen molar-refractivity contribution in [2.75, 3.05) is 6.54 Å². The Kier molecular flexibility index (Phi) is 3.88. The second-order valence-electron chi connectivity index (χ2n) is 6.06. The van der Waals surface area contributed by atoms with Crippen molar-refractivity contribution in [3.63, 3.8) is 0 Å². The molecule has 20 heavy (non-hydrogen) atoms. The molecule has 3 heteroatoms. The summed E-state index contributed by atoms with van der Waals surface area (Å²) in [5.41, 5.74) is 8.38. The molecule has 1 aliphatic rings. The summed E-state index contributed by atoms with van der Waals surface area (Å²) in [6.45, 7) is 3.10. The zero-order valence-corrected chi connectivity index (χ0v) is 12.1. The van der Waals surface area contributed by atoms with E-state index in [1.54, 1.807) is 0 Å². The van der Waals surface area contributed by atoms with E-state index < -0.39 is 0 Å². The molecule has 3 atom stereocenters. The Balaban J connectivity index is 1.85. The molecule has 3 unspecified atom stereocenters. The molecular weight excluding hydrogens is 246 g/mol. The van der Waals surface area contributed by atoms with Gasteiger partial charge in [0.15, 0.2) is 0 Å². The third kappa shape index (κ3) is 2.63. The molecule has 1 saturated carbocycles. The molecule has 1 aliphatic carbocycles. The summed E-state index contributed by atoms with van der Waals surface area (Å²) in [6.07, 6.45) is 7.87. The smallest absolute Gasteiger partial charge is 0.0568 e. The summed E-state index contributed by atoms with van der Waals surface area (Å²) in [5, 5.41) is 4.61. The maximum Gasteiger partial charge on any atom is 0.0568 e. The lowest BCUT2D eigenvalue weighted by Crippen LogP contribution is -2.32. The predicted molar refractivity (Wildman–Crippen MR) is 82.3 cm³/mol. The van der Waals surface area contributed by atoms with Gasteiger partial charge < -0.3 is 5.73 Å². The number of nitrogens with zero attached hydrogens (tertiary/aromatic N) is 2. The van der Waals surface area contributed by atoms with E-state index in [0.29, 0.717) is 12.0 Å². The Morgan fingerprint density at radius 1 is 1.20 bits per heavy atom. The highest BCUT2D eigenvalue weighted by atomic mass is 15.3. The number of hydrogen-bond acceptors (Lipinski definition) is 2. The Morgan fingerprint density at radius 3 is 2.75 bits per heavy atom. The first-order chi connectivity index (χ1) is 9.78. The van der Waals surface area contributed by atoms with Gasteiger partial charge in [-0.1, -0.05) is 43.7 Å². The van der Waals surface area contributed by atoms with Gasteiger partial charge >= 0.3 is 0 Å². The minimum Gasteiger partial charge on any atom is -0.330 e. The van der Waals surface area contributed by atoms with E-state index in [9.17, 15) is 0 Å². The number of rotatable bonds is 3. The summed E-state index contributed by atoms with van der Waals surface area (Å²) >= 11 is 0. The molecule has 0 radical (unpaired) electrons. The van der Waals surface area contributed by atoms with Crippen LogP contribution >= 0.6 is 0 Å². The first-order valence-corrected chi connectivity index (χ1v) is 7.57. The van der Waals surface area contributed by atoms with E-state index >= 15 is 0 Å². The van der Waals surface area contributed by atoms with E-state index in [1.807, 2.05) is 12.3 Å². The second kappa shape index (κ2) is 5.80. The molecule has 3 rings (SSSR count). The van der Waals surface area contributed by atoms with Gasteiger partial charge in [-0.2, -0.15) is 5.10 Å². The largest absolute Gasteiger partial charge is 0.330 e. The maximum atomic E-state index is 5.95. The van der Waals surface area contributed by atoms with Crippen LogP contribution in [0.3, 0.4) is 0 Å². The van der Waals surface area contributed by atoms with Gasteiger partial charge in [0, 0.05) is 11.8 Å². The van der Waals surface area contributed by atoms with Gasteiger partial charge in [-0.05, 0) is 36.8 Å². The van der Waals surface area contributed by atoms with Crippen molar-refractivity contribution in [2.24, 2.45) is 17.6 Å². The quantitative estimate of drug-likeness (QED) is 0.927. The fourth-order valence-electron chi connectivity index (χ4n) is 3.31. The molecule has 1 fully saturated rings. The molecule has 0 amide bonds. The highest BCUT2D eigenvalue weighted by Crippen LogP contribution is 2.36. The molecule has 0 bridgehead atoms. The van der Waals surface area contributed by atoms with Gasteiger partial charge in [0.2, 0.25) is 0 Å². The zero-order valence-electron chi connectivity index (χ0n) is 12.1. The summed E-state index contributed by atoms with van der Waals surface area (Å²) in [6, 6.07) is 10.9. The van der Waals surface area contributed by atoms with Crippen molar-refractivity contribution in [3.05, 3.63) is 42.7 Å². The first kappa shape index (κ1) is 13.4. The van der Waals surface area contributed by atoms with Crippen LogP contribution in [0.2, 0.25) is 0 Å². The van der Waals surface area contributed by atoms with E-state index in [2.05, 4.69) is 47.2 Å². The molecule has 106 valence electrons. The molecular formula is C17H23N3. The minimum absolute atomic E-state index is 0.459. The number of aromatic nitrogens is 2. The van der Waals surface area contributed by atoms with Crippen LogP contribution in [-0.4, -0.2) is 16.3 Å². The van der Waals surface area contributed by atoms with Crippen molar-refractivity contribution in [1.82, 2.24) is 9.78 Å². The minimum atomic E-state index is 0.459. The first-order valence-electron chi connectivity index (χ1n) is 7.57. The van der Waals surface area contributed by atoms with Crippen LogP contribution in [0.4, 0.5) is 0 Å². The van der Waals surface area contributed by atoms with Gasteiger partial charge in [0.1, 0.15) is 0 Å². The third-order valence-electron chi connectivity index (χ3n) is 4.57. The average molecular weight is 269 g/mol. The van der Waals surface area contributed by atoms with E-state index in [-0.39, 0.29) is 0 Å². The number of benzene rings is 1. The molecule has 0 saturated heterocycles. The van der Waals surface area contributed by atoms with Gasteiger partial charge in [-0.25, -0.2) is 0 Å². The predicted octanol–water partition coefficient (Wildman–Crippen LogP) is 3.49. The fraction of sp³-hybridized carbons (Fsp3) is 0.471. The van der Waals surface area contributed by atoms with Crippen LogP contribution in [0.25, 0.3) is 11.1 Å². The van der Waals surface area contributed by atoms with E-state index in [1.165, 1.54) is 30.4 Å². The number of nitrogens with two attached hydrogens (primary N) is 1. The second-order valence-corrected chi connectivity index (χ2v) is 6.06. The maximum absolute atomic E-state index is 5.95. The number of hydrogen-bond donors (Lipinski definition) is 1. The molecule has 3 nitrogen and oxygen atoms in total. The molecule has 0 aliphatic heterocycles. The van der Waals surface area contributed by atoms with Crippen LogP contribution in [0.15, 0.2) is 42.7 Å². The van der Waals surface area contributed by atoms with Crippen LogP contribution in [-0.2, 0) is 0 Å². The molecule has 0 spiro atoms. The molecule has 2 N–H and O–H groups in total. The summed E-state index contributed by atoms with van der Waals surface area (Å²) in [4.78, 5) is 0. The van der Waals surface area contributed by atoms with E-state index in [4.69, 9.17) is 5.73 Å². The molecule has 2 aromatic rings. The van der Waals surface area contributed by atoms with Gasteiger partial charge in [-0.15, -0.1) is 0 Å². The highest BCUT2D eigenvalue weighted by Gasteiger charge is 2.29. The van der Waals surface area contributed by atoms with Crippen molar-refractivity contribution in [2.45, 2.75) is 32.2 Å². The van der Waals surface area contributed by atoms with Gasteiger partial charge in [0.25, 0.3) is 0 Å². The monoisotopic (exact) mass is 269 g/mol. The van der Waals surface area contributed by atoms with Crippen LogP contribution in [0, 0.1) is 11.8 Å². The van der Waals surface area contributed by atoms with Crippen molar-refractivity contribution >= 4 is 0 Å². The van der Waals surface area contributed by atoms with Crippen LogP contribution < -0.4 is 5.73 Å². The molecule has 1 heterocycles. The average Bonchev–Trinajstić information content (AvgIpc) is 2.98. The lowest BCUT2D eigenvalue weighted by atomic mass is 9.79. The molecule has 1 aromatic heterocycles. The van der Waals surface area contributed by atoms with Crippen molar-refractivity contribution in [3.8, 4) is 11.1 Å². The Hall–Kier alpha value is -1.61. The van der Waals surface area contributed by atoms with Crippen LogP contribution in [0.1, 0.15) is 32.2 Å². The zero-order chi connectivity index (χ0) is 13.9. The Bertz CT molecular complexity index is 546. The van der Waals surface area contributed by atoms with Crippen molar-refractivity contribution in [1.29, 1.82) is 0 Å². The van der Waals surface area contributed by atoms with Gasteiger partial charge in [-0.3, -0.25) is 4.68 Å². The Labute approximate surface area is 120 Å². The lowest BCUT2D eigenvalue weighted by molar-refractivity contribution is 0.185. The normalized spacial score (nSPS) is 26.6. The topological polar surface area (TPSA) is 43.8 Å². The summed E-state index contributed by atoms with van der Waals surface area (Å²) in [7, 11) is 0. The molecule has 1 aromatic carbocycles. The summed E-state index contributed by atoms with van der Waals surface area (Å²) < 4.78 is 2.15. The highest BCUT2D eigenvalue weighted by molar-refractivity contribution is 5.61. The standard InChI is InChI=1S/C17H23N3/c1-13-7-8-15(10-18)17(9-13)20-12-16(11-19-20)14-5-3-2-4-6-14/h2-6,11-13,15,17H,7-10,18H2,1H3. The third-order valence-corrected chi connectivity index (χ3v) is 4.57. The SMILES string of the molecule is CC1CCC(CN)C(n2cc(-c3ccccc3)cn2)C1. The van der Waals surface area contributed by atoms with Gasteiger partial charge in [0.05, 0.1) is 12.2 Å². The van der Waals surface area contributed by atoms with Crippen molar-refractivity contribution < 1.29 is 0 Å². The Morgan fingerprint density at radius 2 is 2.00 bits per heavy atom. The fourth-order valence-corrected chi connectivity index (χ4v) is 3.31. The lowest BCUT2D eigenvalue weighted by Gasteiger charge is -2.34.